The molecular formula is C20H25NO3. The van der Waals surface area contributed by atoms with Gasteiger partial charge in [-0.1, -0.05) is 48.0 Å². The normalized spacial score (nSPS) is 12.0. The molecule has 0 aromatic heterocycles. The molecule has 0 saturated heterocycles. The monoisotopic (exact) mass is 327 g/mol. The van der Waals surface area contributed by atoms with Crippen LogP contribution < -0.4 is 0 Å². The van der Waals surface area contributed by atoms with Crippen LogP contribution >= 0.6 is 0 Å². The van der Waals surface area contributed by atoms with E-state index in [4.69, 9.17) is 0 Å². The fourth-order valence-corrected chi connectivity index (χ4v) is 2.63. The van der Waals surface area contributed by atoms with Gasteiger partial charge < -0.3 is 15.1 Å². The highest BCUT2D eigenvalue weighted by molar-refractivity contribution is 5.76. The van der Waals surface area contributed by atoms with Crippen LogP contribution in [0.25, 0.3) is 0 Å². The first-order valence-electron chi connectivity index (χ1n) is 8.30. The van der Waals surface area contributed by atoms with E-state index in [1.165, 1.54) is 0 Å². The van der Waals surface area contributed by atoms with Crippen molar-refractivity contribution in [3.05, 3.63) is 65.2 Å². The molecule has 4 heteroatoms. The lowest BCUT2D eigenvalue weighted by molar-refractivity contribution is -0.132. The summed E-state index contributed by atoms with van der Waals surface area (Å²) in [6.45, 7) is 4.72. The standard InChI is InChI=1S/C20H25NO3/c1-3-21(14-19(23)17-10-8-15(2)9-11-17)20(24)13-12-16-6-4-5-7-18(16)22/h4-11,19,22-23H,3,12-14H2,1-2H3. The summed E-state index contributed by atoms with van der Waals surface area (Å²) < 4.78 is 0. The van der Waals surface area contributed by atoms with Crippen molar-refractivity contribution in [2.24, 2.45) is 0 Å². The number of hydrogen-bond donors (Lipinski definition) is 2. The highest BCUT2D eigenvalue weighted by Gasteiger charge is 2.17. The number of para-hydroxylation sites is 1. The maximum Gasteiger partial charge on any atom is 0.222 e. The van der Waals surface area contributed by atoms with Crippen molar-refractivity contribution in [3.8, 4) is 5.75 Å². The molecule has 0 aliphatic carbocycles. The molecule has 2 N–H and O–H groups in total. The van der Waals surface area contributed by atoms with Crippen LogP contribution in [0.15, 0.2) is 48.5 Å². The van der Waals surface area contributed by atoms with Crippen molar-refractivity contribution >= 4 is 5.91 Å². The number of hydrogen-bond acceptors (Lipinski definition) is 3. The molecular weight excluding hydrogens is 302 g/mol. The largest absolute Gasteiger partial charge is 0.508 e. The molecule has 1 atom stereocenters. The van der Waals surface area contributed by atoms with E-state index in [0.717, 1.165) is 16.7 Å². The Hall–Kier alpha value is -2.33. The van der Waals surface area contributed by atoms with Crippen LogP contribution in [0.5, 0.6) is 5.75 Å². The van der Waals surface area contributed by atoms with Crippen molar-refractivity contribution in [1.82, 2.24) is 4.90 Å². The van der Waals surface area contributed by atoms with Gasteiger partial charge in [0, 0.05) is 13.0 Å². The third kappa shape index (κ3) is 4.83. The maximum atomic E-state index is 12.4. The number of carbonyl (C=O) groups is 1. The Bertz CT molecular complexity index is 667. The topological polar surface area (TPSA) is 60.8 Å². The number of aromatic hydroxyl groups is 1. The van der Waals surface area contributed by atoms with Gasteiger partial charge in [-0.2, -0.15) is 0 Å². The van der Waals surface area contributed by atoms with Crippen LogP contribution in [-0.4, -0.2) is 34.1 Å². The molecule has 0 saturated carbocycles. The average molecular weight is 327 g/mol. The summed E-state index contributed by atoms with van der Waals surface area (Å²) in [5.41, 5.74) is 2.71. The van der Waals surface area contributed by atoms with E-state index < -0.39 is 6.10 Å². The third-order valence-corrected chi connectivity index (χ3v) is 4.19. The molecule has 2 aromatic carbocycles. The highest BCUT2D eigenvalue weighted by atomic mass is 16.3. The van der Waals surface area contributed by atoms with Crippen LogP contribution in [-0.2, 0) is 11.2 Å². The molecule has 1 amide bonds. The molecule has 128 valence electrons. The Balaban J connectivity index is 1.93. The lowest BCUT2D eigenvalue weighted by Gasteiger charge is -2.24. The highest BCUT2D eigenvalue weighted by Crippen LogP contribution is 2.19. The van der Waals surface area contributed by atoms with Gasteiger partial charge in [0.15, 0.2) is 0 Å². The lowest BCUT2D eigenvalue weighted by atomic mass is 10.1. The molecule has 0 aliphatic heterocycles. The molecule has 0 spiro atoms. The zero-order valence-electron chi connectivity index (χ0n) is 14.3. The Morgan fingerprint density at radius 1 is 1.12 bits per heavy atom. The molecule has 2 rings (SSSR count). The van der Waals surface area contributed by atoms with E-state index >= 15 is 0 Å². The average Bonchev–Trinajstić information content (AvgIpc) is 2.59. The molecule has 0 aliphatic rings. The van der Waals surface area contributed by atoms with E-state index in [9.17, 15) is 15.0 Å². The van der Waals surface area contributed by atoms with Crippen molar-refractivity contribution < 1.29 is 15.0 Å². The minimum absolute atomic E-state index is 0.0214. The lowest BCUT2D eigenvalue weighted by Crippen LogP contribution is -2.34. The van der Waals surface area contributed by atoms with Crippen molar-refractivity contribution in [1.29, 1.82) is 0 Å². The van der Waals surface area contributed by atoms with Gasteiger partial charge in [-0.15, -0.1) is 0 Å². The fourth-order valence-electron chi connectivity index (χ4n) is 2.63. The Kier molecular flexibility index (Phi) is 6.38. The van der Waals surface area contributed by atoms with Gasteiger partial charge in [0.1, 0.15) is 5.75 Å². The number of aliphatic hydroxyl groups excluding tert-OH is 1. The molecule has 4 nitrogen and oxygen atoms in total. The van der Waals surface area contributed by atoms with E-state index in [-0.39, 0.29) is 18.2 Å². The van der Waals surface area contributed by atoms with Gasteiger partial charge >= 0.3 is 0 Å². The van der Waals surface area contributed by atoms with Gasteiger partial charge in [-0.25, -0.2) is 0 Å². The number of nitrogens with zero attached hydrogens (tertiary/aromatic N) is 1. The molecule has 0 bridgehead atoms. The smallest absolute Gasteiger partial charge is 0.222 e. The second-order valence-electron chi connectivity index (χ2n) is 5.99. The number of carbonyl (C=O) groups excluding carboxylic acids is 1. The minimum atomic E-state index is -0.695. The van der Waals surface area contributed by atoms with E-state index in [0.29, 0.717) is 19.4 Å². The summed E-state index contributed by atoms with van der Waals surface area (Å²) in [4.78, 5) is 14.1. The molecule has 2 aromatic rings. The third-order valence-electron chi connectivity index (χ3n) is 4.19. The van der Waals surface area contributed by atoms with Crippen LogP contribution in [0.1, 0.15) is 36.1 Å². The summed E-state index contributed by atoms with van der Waals surface area (Å²) in [5.74, 6) is 0.194. The van der Waals surface area contributed by atoms with Crippen molar-refractivity contribution in [3.63, 3.8) is 0 Å². The van der Waals surface area contributed by atoms with Crippen molar-refractivity contribution in [2.75, 3.05) is 13.1 Å². The zero-order chi connectivity index (χ0) is 17.5. The van der Waals surface area contributed by atoms with Crippen molar-refractivity contribution in [2.45, 2.75) is 32.8 Å². The second-order valence-corrected chi connectivity index (χ2v) is 5.99. The van der Waals surface area contributed by atoms with Gasteiger partial charge in [0.25, 0.3) is 0 Å². The first kappa shape index (κ1) is 18.0. The molecule has 24 heavy (non-hydrogen) atoms. The Labute approximate surface area is 143 Å². The Morgan fingerprint density at radius 3 is 2.42 bits per heavy atom. The number of amides is 1. The summed E-state index contributed by atoms with van der Waals surface area (Å²) >= 11 is 0. The van der Waals surface area contributed by atoms with Gasteiger partial charge in [-0.3, -0.25) is 4.79 Å². The molecule has 0 radical (unpaired) electrons. The quantitative estimate of drug-likeness (QED) is 0.821. The van der Waals surface area contributed by atoms with Gasteiger partial charge in [-0.05, 0) is 37.5 Å². The van der Waals surface area contributed by atoms with Gasteiger partial charge in [0.05, 0.1) is 12.6 Å². The summed E-state index contributed by atoms with van der Waals surface area (Å²) in [7, 11) is 0. The van der Waals surface area contributed by atoms with Crippen LogP contribution in [0.2, 0.25) is 0 Å². The number of rotatable bonds is 7. The van der Waals surface area contributed by atoms with E-state index in [2.05, 4.69) is 0 Å². The number of phenolic OH excluding ortho intramolecular Hbond substituents is 1. The van der Waals surface area contributed by atoms with Crippen LogP contribution in [0.3, 0.4) is 0 Å². The predicted octanol–water partition coefficient (Wildman–Crippen LogP) is 3.22. The maximum absolute atomic E-state index is 12.4. The number of aryl methyl sites for hydroxylation is 2. The predicted molar refractivity (Wildman–Crippen MR) is 94.8 cm³/mol. The van der Waals surface area contributed by atoms with E-state index in [1.54, 1.807) is 17.0 Å². The minimum Gasteiger partial charge on any atom is -0.508 e. The number of likely N-dealkylation sites (N-methyl/N-ethyl adjacent to an activating group) is 1. The molecule has 1 unspecified atom stereocenters. The number of benzene rings is 2. The summed E-state index contributed by atoms with van der Waals surface area (Å²) in [6.07, 6.45) is 0.105. The van der Waals surface area contributed by atoms with Crippen LogP contribution in [0.4, 0.5) is 0 Å². The summed E-state index contributed by atoms with van der Waals surface area (Å²) in [6, 6.07) is 14.7. The SMILES string of the molecule is CCN(CC(O)c1ccc(C)cc1)C(=O)CCc1ccccc1O. The first-order valence-corrected chi connectivity index (χ1v) is 8.30. The number of aliphatic hydroxyl groups is 1. The first-order chi connectivity index (χ1) is 11.5. The molecule has 0 heterocycles. The summed E-state index contributed by atoms with van der Waals surface area (Å²) in [5, 5.41) is 20.1. The second kappa shape index (κ2) is 8.50. The van der Waals surface area contributed by atoms with Crippen LogP contribution in [0, 0.1) is 6.92 Å². The Morgan fingerprint density at radius 2 is 1.79 bits per heavy atom. The zero-order valence-corrected chi connectivity index (χ0v) is 14.3. The fraction of sp³-hybridized carbons (Fsp3) is 0.350. The van der Waals surface area contributed by atoms with E-state index in [1.807, 2.05) is 50.2 Å². The molecule has 0 fully saturated rings. The number of phenols is 1. The van der Waals surface area contributed by atoms with Gasteiger partial charge in [0.2, 0.25) is 5.91 Å².